The predicted octanol–water partition coefficient (Wildman–Crippen LogP) is 2.88. The summed E-state index contributed by atoms with van der Waals surface area (Å²) in [6.07, 6.45) is 1.88. The van der Waals surface area contributed by atoms with Gasteiger partial charge in [-0.25, -0.2) is 0 Å². The normalized spacial score (nSPS) is 19.5. The molecule has 0 atom stereocenters. The maximum atomic E-state index is 13.3. The minimum atomic E-state index is -0.304. The van der Waals surface area contributed by atoms with Crippen LogP contribution in [0.25, 0.3) is 0 Å². The van der Waals surface area contributed by atoms with E-state index in [9.17, 15) is 9.59 Å². The zero-order chi connectivity index (χ0) is 24.3. The van der Waals surface area contributed by atoms with E-state index in [0.29, 0.717) is 43.2 Å². The van der Waals surface area contributed by atoms with Gasteiger partial charge in [0.1, 0.15) is 5.75 Å². The summed E-state index contributed by atoms with van der Waals surface area (Å²) in [4.78, 5) is 32.6. The minimum absolute atomic E-state index is 0.0220. The molecule has 8 heteroatoms. The molecule has 3 heterocycles. The Morgan fingerprint density at radius 2 is 1.60 bits per heavy atom. The van der Waals surface area contributed by atoms with E-state index in [1.807, 2.05) is 40.1 Å². The van der Waals surface area contributed by atoms with Gasteiger partial charge in [0.2, 0.25) is 12.7 Å². The molecule has 0 bridgehead atoms. The van der Waals surface area contributed by atoms with Crippen molar-refractivity contribution in [3.63, 3.8) is 0 Å². The second kappa shape index (κ2) is 10.2. The van der Waals surface area contributed by atoms with Gasteiger partial charge >= 0.3 is 0 Å². The third-order valence-corrected chi connectivity index (χ3v) is 7.40. The molecule has 35 heavy (non-hydrogen) atoms. The Morgan fingerprint density at radius 3 is 2.34 bits per heavy atom. The second-order valence-corrected chi connectivity index (χ2v) is 9.82. The van der Waals surface area contributed by atoms with Crippen LogP contribution >= 0.6 is 0 Å². The van der Waals surface area contributed by atoms with Crippen LogP contribution < -0.4 is 14.2 Å². The quantitative estimate of drug-likeness (QED) is 0.635. The fraction of sp³-hybridized carbons (Fsp3) is 0.481. The third kappa shape index (κ3) is 5.37. The molecule has 2 fully saturated rings. The highest BCUT2D eigenvalue weighted by atomic mass is 16.7. The number of carbonyl (C=O) groups excluding carboxylic acids is 2. The van der Waals surface area contributed by atoms with E-state index in [1.165, 1.54) is 0 Å². The van der Waals surface area contributed by atoms with E-state index >= 15 is 0 Å². The van der Waals surface area contributed by atoms with Crippen LogP contribution in [0.15, 0.2) is 48.5 Å². The number of ether oxygens (including phenoxy) is 3. The van der Waals surface area contributed by atoms with Crippen LogP contribution in [-0.4, -0.2) is 86.2 Å². The summed E-state index contributed by atoms with van der Waals surface area (Å²) in [5.74, 6) is 2.24. The van der Waals surface area contributed by atoms with Gasteiger partial charge in [0.05, 0.1) is 6.61 Å². The summed E-state index contributed by atoms with van der Waals surface area (Å²) in [5.41, 5.74) is 0.290. The van der Waals surface area contributed by atoms with Crippen LogP contribution in [0.5, 0.6) is 17.2 Å². The minimum Gasteiger partial charge on any atom is -0.493 e. The van der Waals surface area contributed by atoms with Crippen LogP contribution in [0.1, 0.15) is 29.6 Å². The summed E-state index contributed by atoms with van der Waals surface area (Å²) in [6.45, 7) is 5.14. The number of benzene rings is 2. The van der Waals surface area contributed by atoms with Crippen molar-refractivity contribution in [2.75, 3.05) is 59.7 Å². The first-order valence-electron chi connectivity index (χ1n) is 12.3. The summed E-state index contributed by atoms with van der Waals surface area (Å²) in [5, 5.41) is 0. The third-order valence-electron chi connectivity index (χ3n) is 7.40. The van der Waals surface area contributed by atoms with Crippen molar-refractivity contribution < 1.29 is 23.8 Å². The molecular weight excluding hydrogens is 446 g/mol. The number of carbonyl (C=O) groups is 2. The first-order valence-corrected chi connectivity index (χ1v) is 12.3. The second-order valence-electron chi connectivity index (χ2n) is 9.82. The van der Waals surface area contributed by atoms with E-state index < -0.39 is 0 Å². The SMILES string of the molecule is CN1CCN(C(=O)CC2(COc3ccccc3)CCN(C(=O)c3ccc4c(c3)OCO4)CC2)CC1. The lowest BCUT2D eigenvalue weighted by atomic mass is 9.75. The zero-order valence-corrected chi connectivity index (χ0v) is 20.3. The van der Waals surface area contributed by atoms with E-state index in [1.54, 1.807) is 18.2 Å². The highest BCUT2D eigenvalue weighted by molar-refractivity contribution is 5.95. The van der Waals surface area contributed by atoms with Crippen LogP contribution in [0.4, 0.5) is 0 Å². The summed E-state index contributed by atoms with van der Waals surface area (Å²) in [7, 11) is 2.09. The topological polar surface area (TPSA) is 71.6 Å². The summed E-state index contributed by atoms with van der Waals surface area (Å²) in [6, 6.07) is 15.1. The van der Waals surface area contributed by atoms with Gasteiger partial charge in [-0.2, -0.15) is 0 Å². The Bertz CT molecular complexity index is 1040. The molecule has 2 aromatic rings. The Kier molecular flexibility index (Phi) is 6.81. The number of para-hydroxylation sites is 1. The molecule has 2 aromatic carbocycles. The molecule has 0 aromatic heterocycles. The predicted molar refractivity (Wildman–Crippen MR) is 131 cm³/mol. The molecule has 0 radical (unpaired) electrons. The van der Waals surface area contributed by atoms with E-state index in [0.717, 1.165) is 44.8 Å². The molecule has 8 nitrogen and oxygen atoms in total. The molecule has 0 unspecified atom stereocenters. The zero-order valence-electron chi connectivity index (χ0n) is 20.3. The van der Waals surface area contributed by atoms with Crippen molar-refractivity contribution in [3.05, 3.63) is 54.1 Å². The van der Waals surface area contributed by atoms with Crippen molar-refractivity contribution in [2.45, 2.75) is 19.3 Å². The number of fused-ring (bicyclic) bond motifs is 1. The number of hydrogen-bond donors (Lipinski definition) is 0. The van der Waals surface area contributed by atoms with Gasteiger partial charge in [-0.1, -0.05) is 18.2 Å². The smallest absolute Gasteiger partial charge is 0.253 e. The van der Waals surface area contributed by atoms with Gasteiger partial charge in [-0.3, -0.25) is 9.59 Å². The van der Waals surface area contributed by atoms with Gasteiger partial charge in [0.25, 0.3) is 5.91 Å². The first-order chi connectivity index (χ1) is 17.0. The van der Waals surface area contributed by atoms with Crippen molar-refractivity contribution in [2.24, 2.45) is 5.41 Å². The Balaban J connectivity index is 1.26. The molecule has 2 amide bonds. The largest absolute Gasteiger partial charge is 0.493 e. The van der Waals surface area contributed by atoms with Crippen LogP contribution in [-0.2, 0) is 4.79 Å². The molecule has 0 spiro atoms. The Labute approximate surface area is 206 Å². The number of hydrogen-bond acceptors (Lipinski definition) is 6. The number of amides is 2. The van der Waals surface area contributed by atoms with Gasteiger partial charge < -0.3 is 28.9 Å². The monoisotopic (exact) mass is 479 g/mol. The Hall–Kier alpha value is -3.26. The van der Waals surface area contributed by atoms with E-state index in [-0.39, 0.29) is 24.0 Å². The fourth-order valence-electron chi connectivity index (χ4n) is 5.01. The number of likely N-dealkylation sites (tertiary alicyclic amines) is 1. The van der Waals surface area contributed by atoms with E-state index in [4.69, 9.17) is 14.2 Å². The lowest BCUT2D eigenvalue weighted by molar-refractivity contribution is -0.136. The maximum Gasteiger partial charge on any atom is 0.253 e. The maximum absolute atomic E-state index is 13.3. The number of nitrogens with zero attached hydrogens (tertiary/aromatic N) is 3. The van der Waals surface area contributed by atoms with Gasteiger partial charge in [0, 0.05) is 56.7 Å². The molecule has 5 rings (SSSR count). The molecule has 2 saturated heterocycles. The summed E-state index contributed by atoms with van der Waals surface area (Å²) < 4.78 is 17.0. The Morgan fingerprint density at radius 1 is 0.886 bits per heavy atom. The molecule has 186 valence electrons. The highest BCUT2D eigenvalue weighted by Crippen LogP contribution is 2.38. The summed E-state index contributed by atoms with van der Waals surface area (Å²) >= 11 is 0. The van der Waals surface area contributed by atoms with Gasteiger partial charge in [0.15, 0.2) is 11.5 Å². The van der Waals surface area contributed by atoms with Crippen LogP contribution in [0, 0.1) is 5.41 Å². The van der Waals surface area contributed by atoms with Crippen molar-refractivity contribution in [1.82, 2.24) is 14.7 Å². The molecule has 0 N–H and O–H groups in total. The number of rotatable bonds is 6. The first kappa shape index (κ1) is 23.5. The van der Waals surface area contributed by atoms with Crippen molar-refractivity contribution in [3.8, 4) is 17.2 Å². The number of piperidine rings is 1. The molecular formula is C27H33N3O5. The molecule has 0 saturated carbocycles. The number of likely N-dealkylation sites (N-methyl/N-ethyl adjacent to an activating group) is 1. The van der Waals surface area contributed by atoms with Gasteiger partial charge in [-0.15, -0.1) is 0 Å². The number of piperazine rings is 1. The lowest BCUT2D eigenvalue weighted by Gasteiger charge is -2.42. The molecule has 0 aliphatic carbocycles. The molecule has 3 aliphatic heterocycles. The average Bonchev–Trinajstić information content (AvgIpc) is 3.37. The van der Waals surface area contributed by atoms with Gasteiger partial charge in [-0.05, 0) is 50.2 Å². The fourth-order valence-corrected chi connectivity index (χ4v) is 5.01. The van der Waals surface area contributed by atoms with Crippen LogP contribution in [0.3, 0.4) is 0 Å². The van der Waals surface area contributed by atoms with E-state index in [2.05, 4.69) is 11.9 Å². The van der Waals surface area contributed by atoms with Crippen LogP contribution in [0.2, 0.25) is 0 Å². The standard InChI is InChI=1S/C27H33N3O5/c1-28-13-15-29(16-14-28)25(31)18-27(19-33-22-5-3-2-4-6-22)9-11-30(12-10-27)26(32)21-7-8-23-24(17-21)35-20-34-23/h2-8,17H,9-16,18-20H2,1H3. The lowest BCUT2D eigenvalue weighted by Crippen LogP contribution is -2.51. The average molecular weight is 480 g/mol. The van der Waals surface area contributed by atoms with Crippen molar-refractivity contribution in [1.29, 1.82) is 0 Å². The van der Waals surface area contributed by atoms with Crippen molar-refractivity contribution >= 4 is 11.8 Å². The molecule has 3 aliphatic rings. The highest BCUT2D eigenvalue weighted by Gasteiger charge is 2.40.